The summed E-state index contributed by atoms with van der Waals surface area (Å²) in [6.07, 6.45) is 2.08. The molecule has 0 unspecified atom stereocenters. The zero-order valence-corrected chi connectivity index (χ0v) is 17.6. The standard InChI is InChI=1S/C22H28N2O3S/c1-22(2,24-13-15-25-16-14-24)21(18-9-11-20(28-3)12-10-18)23-27-17-26-19-7-5-4-6-8-19/h4-12H,13-17H2,1-3H3. The van der Waals surface area contributed by atoms with Crippen LogP contribution in [-0.2, 0) is 9.57 Å². The summed E-state index contributed by atoms with van der Waals surface area (Å²) in [5.74, 6) is 0.760. The zero-order valence-electron chi connectivity index (χ0n) is 16.8. The molecule has 1 heterocycles. The lowest BCUT2D eigenvalue weighted by molar-refractivity contribution is 0.00182. The van der Waals surface area contributed by atoms with E-state index in [2.05, 4.69) is 54.4 Å². The molecule has 28 heavy (non-hydrogen) atoms. The fraction of sp³-hybridized carbons (Fsp3) is 0.409. The number of hydrogen-bond acceptors (Lipinski definition) is 6. The Hall–Kier alpha value is -2.02. The fourth-order valence-electron chi connectivity index (χ4n) is 3.24. The van der Waals surface area contributed by atoms with Crippen molar-refractivity contribution in [2.24, 2.45) is 5.16 Å². The van der Waals surface area contributed by atoms with Crippen LogP contribution in [0.4, 0.5) is 0 Å². The minimum absolute atomic E-state index is 0.0651. The summed E-state index contributed by atoms with van der Waals surface area (Å²) in [7, 11) is 0. The highest BCUT2D eigenvalue weighted by Crippen LogP contribution is 2.25. The molecule has 0 aliphatic carbocycles. The van der Waals surface area contributed by atoms with Crippen molar-refractivity contribution >= 4 is 17.5 Å². The van der Waals surface area contributed by atoms with E-state index in [0.29, 0.717) is 0 Å². The van der Waals surface area contributed by atoms with Gasteiger partial charge >= 0.3 is 0 Å². The second-order valence-corrected chi connectivity index (χ2v) is 7.91. The summed E-state index contributed by atoms with van der Waals surface area (Å²) in [5, 5.41) is 4.51. The molecule has 0 aromatic heterocycles. The SMILES string of the molecule is CSc1ccc(C(=NOCOc2ccccc2)C(C)(C)N2CCOCC2)cc1. The van der Waals surface area contributed by atoms with Gasteiger partial charge in [0.2, 0.25) is 0 Å². The van der Waals surface area contributed by atoms with E-state index < -0.39 is 0 Å². The number of hydrogen-bond donors (Lipinski definition) is 0. The molecule has 0 radical (unpaired) electrons. The molecule has 150 valence electrons. The van der Waals surface area contributed by atoms with E-state index in [-0.39, 0.29) is 12.3 Å². The number of oxime groups is 1. The summed E-state index contributed by atoms with van der Waals surface area (Å²) in [6.45, 7) is 7.64. The van der Waals surface area contributed by atoms with E-state index in [4.69, 9.17) is 14.3 Å². The average molecular weight is 401 g/mol. The molecule has 0 N–H and O–H groups in total. The maximum atomic E-state index is 5.62. The largest absolute Gasteiger partial charge is 0.455 e. The minimum Gasteiger partial charge on any atom is -0.455 e. The van der Waals surface area contributed by atoms with Gasteiger partial charge in [-0.25, -0.2) is 0 Å². The van der Waals surface area contributed by atoms with Crippen LogP contribution in [0.25, 0.3) is 0 Å². The first-order valence-electron chi connectivity index (χ1n) is 9.47. The van der Waals surface area contributed by atoms with Crippen LogP contribution < -0.4 is 4.74 Å². The van der Waals surface area contributed by atoms with Crippen LogP contribution in [0, 0.1) is 0 Å². The van der Waals surface area contributed by atoms with Crippen molar-refractivity contribution in [2.75, 3.05) is 39.4 Å². The lowest BCUT2D eigenvalue weighted by Gasteiger charge is -2.41. The van der Waals surface area contributed by atoms with E-state index in [9.17, 15) is 0 Å². The molecule has 0 amide bonds. The first-order chi connectivity index (χ1) is 13.6. The molecule has 1 fully saturated rings. The highest BCUT2D eigenvalue weighted by Gasteiger charge is 2.35. The smallest absolute Gasteiger partial charge is 0.255 e. The predicted molar refractivity (Wildman–Crippen MR) is 114 cm³/mol. The fourth-order valence-corrected chi connectivity index (χ4v) is 3.65. The summed E-state index contributed by atoms with van der Waals surface area (Å²) in [6, 6.07) is 18.0. The Bertz CT molecular complexity index is 757. The molecule has 2 aromatic carbocycles. The van der Waals surface area contributed by atoms with Crippen molar-refractivity contribution in [3.05, 3.63) is 60.2 Å². The Morgan fingerprint density at radius 2 is 1.75 bits per heavy atom. The van der Waals surface area contributed by atoms with E-state index >= 15 is 0 Å². The summed E-state index contributed by atoms with van der Waals surface area (Å²) < 4.78 is 11.1. The zero-order chi connectivity index (χ0) is 19.8. The molecule has 0 spiro atoms. The Balaban J connectivity index is 1.78. The quantitative estimate of drug-likeness (QED) is 0.218. The van der Waals surface area contributed by atoms with E-state index in [0.717, 1.165) is 43.3 Å². The highest BCUT2D eigenvalue weighted by atomic mass is 32.2. The molecule has 2 aromatic rings. The second-order valence-electron chi connectivity index (χ2n) is 7.03. The van der Waals surface area contributed by atoms with Crippen molar-refractivity contribution in [1.82, 2.24) is 4.90 Å². The third-order valence-corrected chi connectivity index (χ3v) is 5.67. The summed E-state index contributed by atoms with van der Waals surface area (Å²) in [5.41, 5.74) is 1.64. The number of morpholine rings is 1. The molecular formula is C22H28N2O3S. The van der Waals surface area contributed by atoms with Gasteiger partial charge in [-0.05, 0) is 44.4 Å². The molecular weight excluding hydrogens is 372 g/mol. The van der Waals surface area contributed by atoms with E-state index in [1.54, 1.807) is 11.8 Å². The van der Waals surface area contributed by atoms with Gasteiger partial charge in [0, 0.05) is 23.5 Å². The molecule has 1 saturated heterocycles. The predicted octanol–water partition coefficient (Wildman–Crippen LogP) is 4.28. The third kappa shape index (κ3) is 5.28. The van der Waals surface area contributed by atoms with Crippen molar-refractivity contribution < 1.29 is 14.3 Å². The van der Waals surface area contributed by atoms with Gasteiger partial charge in [0.05, 0.1) is 18.8 Å². The van der Waals surface area contributed by atoms with Crippen LogP contribution in [0.3, 0.4) is 0 Å². The van der Waals surface area contributed by atoms with Crippen LogP contribution in [0.5, 0.6) is 5.75 Å². The van der Waals surface area contributed by atoms with Crippen LogP contribution in [0.2, 0.25) is 0 Å². The summed E-state index contributed by atoms with van der Waals surface area (Å²) >= 11 is 1.73. The second kappa shape index (κ2) is 9.96. The van der Waals surface area contributed by atoms with Crippen LogP contribution in [0.1, 0.15) is 19.4 Å². The molecule has 5 nitrogen and oxygen atoms in total. The molecule has 3 rings (SSSR count). The van der Waals surface area contributed by atoms with Crippen LogP contribution >= 0.6 is 11.8 Å². The number of ether oxygens (including phenoxy) is 2. The Morgan fingerprint density at radius 3 is 2.39 bits per heavy atom. The number of nitrogens with zero attached hydrogens (tertiary/aromatic N) is 2. The molecule has 6 heteroatoms. The lowest BCUT2D eigenvalue weighted by atomic mass is 9.90. The highest BCUT2D eigenvalue weighted by molar-refractivity contribution is 7.98. The van der Waals surface area contributed by atoms with Crippen molar-refractivity contribution in [2.45, 2.75) is 24.3 Å². The Kier molecular flexibility index (Phi) is 7.36. The summed E-state index contributed by atoms with van der Waals surface area (Å²) in [4.78, 5) is 9.20. The van der Waals surface area contributed by atoms with Gasteiger partial charge in [0.15, 0.2) is 0 Å². The lowest BCUT2D eigenvalue weighted by Crippen LogP contribution is -2.54. The van der Waals surface area contributed by atoms with Gasteiger partial charge in [-0.1, -0.05) is 35.5 Å². The van der Waals surface area contributed by atoms with Gasteiger partial charge in [-0.15, -0.1) is 11.8 Å². The van der Waals surface area contributed by atoms with Crippen LogP contribution in [-0.4, -0.2) is 55.5 Å². The monoisotopic (exact) mass is 400 g/mol. The van der Waals surface area contributed by atoms with Gasteiger partial charge in [-0.2, -0.15) is 0 Å². The first kappa shape index (κ1) is 20.7. The van der Waals surface area contributed by atoms with Gasteiger partial charge in [-0.3, -0.25) is 4.90 Å². The number of rotatable bonds is 8. The molecule has 0 saturated carbocycles. The Morgan fingerprint density at radius 1 is 1.07 bits per heavy atom. The van der Waals surface area contributed by atoms with E-state index in [1.807, 2.05) is 30.3 Å². The maximum absolute atomic E-state index is 5.62. The normalized spacial score (nSPS) is 16.0. The minimum atomic E-state index is -0.294. The van der Waals surface area contributed by atoms with Crippen molar-refractivity contribution in [1.29, 1.82) is 0 Å². The van der Waals surface area contributed by atoms with Gasteiger partial charge in [0.1, 0.15) is 11.5 Å². The van der Waals surface area contributed by atoms with Gasteiger partial charge < -0.3 is 14.3 Å². The van der Waals surface area contributed by atoms with Crippen molar-refractivity contribution in [3.8, 4) is 5.75 Å². The Labute approximate surface area is 171 Å². The molecule has 1 aliphatic heterocycles. The average Bonchev–Trinajstić information content (AvgIpc) is 2.75. The molecule has 1 aliphatic rings. The molecule has 0 atom stereocenters. The number of para-hydroxylation sites is 1. The number of benzene rings is 2. The maximum Gasteiger partial charge on any atom is 0.255 e. The van der Waals surface area contributed by atoms with Gasteiger partial charge in [0.25, 0.3) is 6.79 Å². The molecule has 0 bridgehead atoms. The van der Waals surface area contributed by atoms with Crippen molar-refractivity contribution in [3.63, 3.8) is 0 Å². The number of thioether (sulfide) groups is 1. The topological polar surface area (TPSA) is 43.3 Å². The first-order valence-corrected chi connectivity index (χ1v) is 10.7. The van der Waals surface area contributed by atoms with Crippen LogP contribution in [0.15, 0.2) is 64.6 Å². The third-order valence-electron chi connectivity index (χ3n) is 4.92. The van der Waals surface area contributed by atoms with E-state index in [1.165, 1.54) is 4.90 Å².